The predicted molar refractivity (Wildman–Crippen MR) is 78.3 cm³/mol. The first-order valence-corrected chi connectivity index (χ1v) is 9.04. The van der Waals surface area contributed by atoms with Crippen molar-refractivity contribution in [3.05, 3.63) is 29.6 Å². The second-order valence-electron chi connectivity index (χ2n) is 5.66. The SMILES string of the molecule is CC(C)C1CCN(C(=O)c2cc(F)cc(S(=O)(=O)Cl)c2)C1. The minimum absolute atomic E-state index is 0.0126. The van der Waals surface area contributed by atoms with E-state index >= 15 is 0 Å². The van der Waals surface area contributed by atoms with Crippen LogP contribution in [0.25, 0.3) is 0 Å². The highest BCUT2D eigenvalue weighted by molar-refractivity contribution is 8.13. The number of hydrogen-bond donors (Lipinski definition) is 0. The molecule has 0 radical (unpaired) electrons. The van der Waals surface area contributed by atoms with Gasteiger partial charge in [0.15, 0.2) is 0 Å². The number of carbonyl (C=O) groups is 1. The molecule has 1 heterocycles. The number of carbonyl (C=O) groups excluding carboxylic acids is 1. The van der Waals surface area contributed by atoms with Gasteiger partial charge in [-0.1, -0.05) is 13.8 Å². The number of likely N-dealkylation sites (tertiary alicyclic amines) is 1. The van der Waals surface area contributed by atoms with E-state index in [0.717, 1.165) is 24.6 Å². The third kappa shape index (κ3) is 3.74. The van der Waals surface area contributed by atoms with E-state index in [0.29, 0.717) is 24.9 Å². The van der Waals surface area contributed by atoms with Gasteiger partial charge < -0.3 is 4.90 Å². The lowest BCUT2D eigenvalue weighted by Gasteiger charge is -2.18. The Morgan fingerprint density at radius 1 is 1.38 bits per heavy atom. The van der Waals surface area contributed by atoms with Crippen LogP contribution in [-0.2, 0) is 9.05 Å². The summed E-state index contributed by atoms with van der Waals surface area (Å²) >= 11 is 0. The van der Waals surface area contributed by atoms with E-state index in [-0.39, 0.29) is 11.5 Å². The van der Waals surface area contributed by atoms with Crippen molar-refractivity contribution >= 4 is 25.6 Å². The first-order chi connectivity index (χ1) is 9.68. The summed E-state index contributed by atoms with van der Waals surface area (Å²) in [6.45, 7) is 5.40. The maximum absolute atomic E-state index is 13.5. The Morgan fingerprint density at radius 3 is 2.57 bits per heavy atom. The minimum atomic E-state index is -4.07. The summed E-state index contributed by atoms with van der Waals surface area (Å²) in [5.41, 5.74) is 0.0126. The molecule has 1 aliphatic heterocycles. The van der Waals surface area contributed by atoms with Gasteiger partial charge >= 0.3 is 0 Å². The summed E-state index contributed by atoms with van der Waals surface area (Å²) in [6.07, 6.45) is 0.902. The standard InChI is InChI=1S/C14H17ClFNO3S/c1-9(2)10-3-4-17(8-10)14(18)11-5-12(16)7-13(6-11)21(15,19)20/h5-7,9-10H,3-4,8H2,1-2H3. The third-order valence-corrected chi connectivity index (χ3v) is 5.19. The lowest BCUT2D eigenvalue weighted by Crippen LogP contribution is -2.29. The highest BCUT2D eigenvalue weighted by Gasteiger charge is 2.29. The summed E-state index contributed by atoms with van der Waals surface area (Å²) in [4.78, 5) is 13.6. The normalized spacial score (nSPS) is 19.3. The third-order valence-electron chi connectivity index (χ3n) is 3.85. The molecule has 0 aliphatic carbocycles. The number of rotatable bonds is 3. The monoisotopic (exact) mass is 333 g/mol. The Hall–Kier alpha value is -1.14. The van der Waals surface area contributed by atoms with Crippen molar-refractivity contribution in [2.45, 2.75) is 25.2 Å². The number of benzene rings is 1. The van der Waals surface area contributed by atoms with Crippen molar-refractivity contribution in [3.63, 3.8) is 0 Å². The number of nitrogens with zero attached hydrogens (tertiary/aromatic N) is 1. The molecule has 116 valence electrons. The maximum Gasteiger partial charge on any atom is 0.261 e. The molecular weight excluding hydrogens is 317 g/mol. The van der Waals surface area contributed by atoms with Crippen LogP contribution in [0.3, 0.4) is 0 Å². The van der Waals surface area contributed by atoms with Gasteiger partial charge in [0.05, 0.1) is 4.90 Å². The zero-order valence-corrected chi connectivity index (χ0v) is 13.4. The summed E-state index contributed by atoms with van der Waals surface area (Å²) < 4.78 is 36.1. The highest BCUT2D eigenvalue weighted by Crippen LogP contribution is 2.26. The molecule has 4 nitrogen and oxygen atoms in total. The molecule has 1 aromatic carbocycles. The van der Waals surface area contributed by atoms with Crippen LogP contribution in [0.1, 0.15) is 30.6 Å². The van der Waals surface area contributed by atoms with Gasteiger partial charge in [0.2, 0.25) is 0 Å². The molecule has 0 saturated carbocycles. The van der Waals surface area contributed by atoms with Gasteiger partial charge in [-0.25, -0.2) is 12.8 Å². The highest BCUT2D eigenvalue weighted by atomic mass is 35.7. The van der Waals surface area contributed by atoms with E-state index in [1.807, 2.05) is 0 Å². The van der Waals surface area contributed by atoms with Crippen LogP contribution in [0.2, 0.25) is 0 Å². The summed E-state index contributed by atoms with van der Waals surface area (Å²) in [5, 5.41) is 0. The fraction of sp³-hybridized carbons (Fsp3) is 0.500. The second-order valence-corrected chi connectivity index (χ2v) is 8.22. The Kier molecular flexibility index (Phi) is 4.58. The molecule has 0 spiro atoms. The van der Waals surface area contributed by atoms with Gasteiger partial charge in [0.1, 0.15) is 5.82 Å². The largest absolute Gasteiger partial charge is 0.338 e. The zero-order valence-electron chi connectivity index (χ0n) is 11.8. The molecule has 1 aliphatic rings. The lowest BCUT2D eigenvalue weighted by molar-refractivity contribution is 0.0783. The quantitative estimate of drug-likeness (QED) is 0.799. The average molecular weight is 334 g/mol. The Bertz CT molecular complexity index is 660. The minimum Gasteiger partial charge on any atom is -0.338 e. The van der Waals surface area contributed by atoms with Crippen molar-refractivity contribution in [1.29, 1.82) is 0 Å². The number of hydrogen-bond acceptors (Lipinski definition) is 3. The molecule has 1 amide bonds. The maximum atomic E-state index is 13.5. The van der Waals surface area contributed by atoms with Crippen LogP contribution in [0.15, 0.2) is 23.1 Å². The van der Waals surface area contributed by atoms with Gasteiger partial charge in [-0.05, 0) is 36.5 Å². The molecule has 1 fully saturated rings. The molecule has 21 heavy (non-hydrogen) atoms. The second kappa shape index (κ2) is 5.93. The van der Waals surface area contributed by atoms with Gasteiger partial charge in [-0.15, -0.1) is 0 Å². The lowest BCUT2D eigenvalue weighted by atomic mass is 9.95. The molecule has 1 atom stereocenters. The van der Waals surface area contributed by atoms with E-state index in [2.05, 4.69) is 13.8 Å². The van der Waals surface area contributed by atoms with Crippen LogP contribution in [0.4, 0.5) is 4.39 Å². The topological polar surface area (TPSA) is 54.5 Å². The molecule has 2 rings (SSSR count). The van der Waals surface area contributed by atoms with E-state index < -0.39 is 19.8 Å². The van der Waals surface area contributed by atoms with Crippen LogP contribution in [0, 0.1) is 17.7 Å². The van der Waals surface area contributed by atoms with Crippen LogP contribution in [-0.4, -0.2) is 32.3 Å². The van der Waals surface area contributed by atoms with Gasteiger partial charge in [0.25, 0.3) is 15.0 Å². The first kappa shape index (κ1) is 16.2. The van der Waals surface area contributed by atoms with Crippen molar-refractivity contribution in [2.24, 2.45) is 11.8 Å². The van der Waals surface area contributed by atoms with Gasteiger partial charge in [-0.3, -0.25) is 4.79 Å². The van der Waals surface area contributed by atoms with Crippen LogP contribution >= 0.6 is 10.7 Å². The molecular formula is C14H17ClFNO3S. The summed E-state index contributed by atoms with van der Waals surface area (Å²) in [5.74, 6) is -0.272. The Labute approximate surface area is 128 Å². The molecule has 0 aromatic heterocycles. The Balaban J connectivity index is 2.26. The van der Waals surface area contributed by atoms with Crippen molar-refractivity contribution < 1.29 is 17.6 Å². The van der Waals surface area contributed by atoms with Crippen molar-refractivity contribution in [2.75, 3.05) is 13.1 Å². The molecule has 1 aromatic rings. The van der Waals surface area contributed by atoms with Gasteiger partial charge in [0, 0.05) is 29.3 Å². The fourth-order valence-electron chi connectivity index (χ4n) is 2.53. The zero-order chi connectivity index (χ0) is 15.8. The number of halogens is 2. The predicted octanol–water partition coefficient (Wildman–Crippen LogP) is 2.87. The van der Waals surface area contributed by atoms with Crippen molar-refractivity contribution in [3.8, 4) is 0 Å². The molecule has 0 bridgehead atoms. The molecule has 0 N–H and O–H groups in total. The summed E-state index contributed by atoms with van der Waals surface area (Å²) in [6, 6.07) is 2.97. The molecule has 1 unspecified atom stereocenters. The molecule has 7 heteroatoms. The molecule has 1 saturated heterocycles. The van der Waals surface area contributed by atoms with E-state index in [9.17, 15) is 17.6 Å². The first-order valence-electron chi connectivity index (χ1n) is 6.73. The smallest absolute Gasteiger partial charge is 0.261 e. The Morgan fingerprint density at radius 2 is 2.05 bits per heavy atom. The average Bonchev–Trinajstić information content (AvgIpc) is 2.85. The van der Waals surface area contributed by atoms with E-state index in [1.54, 1.807) is 4.90 Å². The summed E-state index contributed by atoms with van der Waals surface area (Å²) in [7, 11) is 1.14. The van der Waals surface area contributed by atoms with E-state index in [4.69, 9.17) is 10.7 Å². The number of amides is 1. The van der Waals surface area contributed by atoms with Crippen LogP contribution in [0.5, 0.6) is 0 Å². The van der Waals surface area contributed by atoms with Crippen molar-refractivity contribution in [1.82, 2.24) is 4.90 Å². The van der Waals surface area contributed by atoms with Crippen LogP contribution < -0.4 is 0 Å². The fourth-order valence-corrected chi connectivity index (χ4v) is 3.31. The van der Waals surface area contributed by atoms with E-state index in [1.165, 1.54) is 0 Å². The van der Waals surface area contributed by atoms with Gasteiger partial charge in [-0.2, -0.15) is 0 Å².